The van der Waals surface area contributed by atoms with Crippen molar-refractivity contribution in [3.63, 3.8) is 0 Å². The fourth-order valence-electron chi connectivity index (χ4n) is 1.88. The summed E-state index contributed by atoms with van der Waals surface area (Å²) in [6.07, 6.45) is 0.832. The highest BCUT2D eigenvalue weighted by Gasteiger charge is 2.05. The van der Waals surface area contributed by atoms with Gasteiger partial charge >= 0.3 is 12.0 Å². The largest absolute Gasteiger partial charge is 0.465 e. The molecule has 0 bridgehead atoms. The molecule has 1 heterocycles. The molecule has 6 heteroatoms. The quantitative estimate of drug-likeness (QED) is 0.805. The summed E-state index contributed by atoms with van der Waals surface area (Å²) in [7, 11) is 1.35. The second-order valence-corrected chi connectivity index (χ2v) is 5.66. The van der Waals surface area contributed by atoms with Gasteiger partial charge in [-0.3, -0.25) is 0 Å². The third kappa shape index (κ3) is 4.89. The van der Waals surface area contributed by atoms with Crippen molar-refractivity contribution in [2.24, 2.45) is 0 Å². The van der Waals surface area contributed by atoms with E-state index in [1.165, 1.54) is 12.0 Å². The lowest BCUT2D eigenvalue weighted by molar-refractivity contribution is 0.0600. The predicted octanol–water partition coefficient (Wildman–Crippen LogP) is 2.58. The van der Waals surface area contributed by atoms with Gasteiger partial charge in [0.25, 0.3) is 0 Å². The Hall–Kier alpha value is -2.34. The van der Waals surface area contributed by atoms with Crippen molar-refractivity contribution in [2.45, 2.75) is 13.0 Å². The predicted molar refractivity (Wildman–Crippen MR) is 86.0 cm³/mol. The van der Waals surface area contributed by atoms with Crippen LogP contribution >= 0.6 is 11.3 Å². The average Bonchev–Trinajstić information content (AvgIpc) is 3.06. The van der Waals surface area contributed by atoms with Crippen LogP contribution in [0.4, 0.5) is 4.79 Å². The minimum Gasteiger partial charge on any atom is -0.465 e. The van der Waals surface area contributed by atoms with Gasteiger partial charge in [-0.05, 0) is 35.6 Å². The van der Waals surface area contributed by atoms with Crippen LogP contribution in [0.15, 0.2) is 41.8 Å². The maximum absolute atomic E-state index is 11.7. The number of carbonyl (C=O) groups is 2. The zero-order valence-electron chi connectivity index (χ0n) is 12.3. The van der Waals surface area contributed by atoms with Gasteiger partial charge in [0.15, 0.2) is 0 Å². The van der Waals surface area contributed by atoms with E-state index in [2.05, 4.69) is 15.4 Å². The molecule has 0 radical (unpaired) electrons. The Balaban J connectivity index is 1.70. The number of hydrogen-bond acceptors (Lipinski definition) is 4. The maximum atomic E-state index is 11.7. The lowest BCUT2D eigenvalue weighted by Gasteiger charge is -2.07. The van der Waals surface area contributed by atoms with Crippen LogP contribution in [0.5, 0.6) is 0 Å². The molecule has 2 amide bonds. The molecule has 22 heavy (non-hydrogen) atoms. The van der Waals surface area contributed by atoms with Gasteiger partial charge in [-0.15, -0.1) is 11.3 Å². The van der Waals surface area contributed by atoms with E-state index >= 15 is 0 Å². The van der Waals surface area contributed by atoms with Crippen molar-refractivity contribution in [3.05, 3.63) is 57.8 Å². The molecule has 1 aromatic carbocycles. The van der Waals surface area contributed by atoms with Crippen LogP contribution in [-0.4, -0.2) is 25.7 Å². The second-order valence-electron chi connectivity index (χ2n) is 4.63. The molecule has 0 saturated heterocycles. The molecule has 0 aliphatic rings. The van der Waals surface area contributed by atoms with Crippen LogP contribution in [0.2, 0.25) is 0 Å². The van der Waals surface area contributed by atoms with E-state index < -0.39 is 0 Å². The fraction of sp³-hybridized carbons (Fsp3) is 0.250. The number of methoxy groups -OCH3 is 1. The first-order chi connectivity index (χ1) is 10.7. The summed E-state index contributed by atoms with van der Waals surface area (Å²) in [6, 6.07) is 10.8. The second kappa shape index (κ2) is 8.19. The third-order valence-corrected chi connectivity index (χ3v) is 4.00. The van der Waals surface area contributed by atoms with Gasteiger partial charge in [-0.25, -0.2) is 9.59 Å². The van der Waals surface area contributed by atoms with Gasteiger partial charge in [0.05, 0.1) is 12.7 Å². The van der Waals surface area contributed by atoms with Gasteiger partial charge in [-0.1, -0.05) is 18.2 Å². The number of esters is 1. The summed E-state index contributed by atoms with van der Waals surface area (Å²) >= 11 is 1.68. The zero-order valence-corrected chi connectivity index (χ0v) is 13.1. The Bertz CT molecular complexity index is 609. The molecule has 0 fully saturated rings. The van der Waals surface area contributed by atoms with E-state index in [0.717, 1.165) is 12.0 Å². The number of benzene rings is 1. The Morgan fingerprint density at radius 2 is 1.91 bits per heavy atom. The van der Waals surface area contributed by atoms with Gasteiger partial charge < -0.3 is 15.4 Å². The van der Waals surface area contributed by atoms with Crippen molar-refractivity contribution in [1.82, 2.24) is 10.6 Å². The maximum Gasteiger partial charge on any atom is 0.337 e. The van der Waals surface area contributed by atoms with E-state index in [4.69, 9.17) is 0 Å². The summed E-state index contributed by atoms with van der Waals surface area (Å²) in [4.78, 5) is 24.2. The van der Waals surface area contributed by atoms with Crippen LogP contribution in [-0.2, 0) is 17.7 Å². The van der Waals surface area contributed by atoms with Crippen LogP contribution in [0.25, 0.3) is 0 Å². The van der Waals surface area contributed by atoms with E-state index in [-0.39, 0.29) is 12.0 Å². The highest BCUT2D eigenvalue weighted by atomic mass is 32.1. The molecule has 0 atom stereocenters. The summed E-state index contributed by atoms with van der Waals surface area (Å²) in [5, 5.41) is 7.61. The first kappa shape index (κ1) is 16.0. The molecular formula is C16H18N2O3S. The van der Waals surface area contributed by atoms with Crippen LogP contribution in [0.1, 0.15) is 20.8 Å². The molecule has 0 spiro atoms. The average molecular weight is 318 g/mol. The number of hydrogen-bond donors (Lipinski definition) is 2. The van der Waals surface area contributed by atoms with Crippen LogP contribution in [0, 0.1) is 0 Å². The first-order valence-electron chi connectivity index (χ1n) is 6.90. The van der Waals surface area contributed by atoms with E-state index in [9.17, 15) is 9.59 Å². The summed E-state index contributed by atoms with van der Waals surface area (Å²) in [5.41, 5.74) is 1.41. The Labute approximate surface area is 133 Å². The summed E-state index contributed by atoms with van der Waals surface area (Å²) in [6.45, 7) is 1.01. The number of thiophene rings is 1. The number of urea groups is 1. The Kier molecular flexibility index (Phi) is 5.97. The Morgan fingerprint density at radius 3 is 2.55 bits per heavy atom. The molecule has 0 saturated carbocycles. The third-order valence-electron chi connectivity index (χ3n) is 3.07. The number of carbonyl (C=O) groups excluding carboxylic acids is 2. The topological polar surface area (TPSA) is 67.4 Å². The molecule has 5 nitrogen and oxygen atoms in total. The first-order valence-corrected chi connectivity index (χ1v) is 7.78. The SMILES string of the molecule is COC(=O)c1ccc(CNC(=O)NCCc2cccs2)cc1. The van der Waals surface area contributed by atoms with Crippen LogP contribution < -0.4 is 10.6 Å². The molecule has 2 rings (SSSR count). The van der Waals surface area contributed by atoms with E-state index in [1.54, 1.807) is 35.6 Å². The molecule has 0 aliphatic carbocycles. The molecular weight excluding hydrogens is 300 g/mol. The van der Waals surface area contributed by atoms with Gasteiger partial charge in [-0.2, -0.15) is 0 Å². The minimum atomic E-state index is -0.370. The number of amides is 2. The summed E-state index contributed by atoms with van der Waals surface area (Å²) < 4.78 is 4.63. The highest BCUT2D eigenvalue weighted by Crippen LogP contribution is 2.08. The Morgan fingerprint density at radius 1 is 1.14 bits per heavy atom. The number of ether oxygens (including phenoxy) is 1. The van der Waals surface area contributed by atoms with E-state index in [0.29, 0.717) is 18.7 Å². The van der Waals surface area contributed by atoms with Crippen molar-refractivity contribution in [3.8, 4) is 0 Å². The molecule has 2 N–H and O–H groups in total. The molecule has 116 valence electrons. The normalized spacial score (nSPS) is 10.0. The highest BCUT2D eigenvalue weighted by molar-refractivity contribution is 7.09. The van der Waals surface area contributed by atoms with Gasteiger partial charge in [0.2, 0.25) is 0 Å². The fourth-order valence-corrected chi connectivity index (χ4v) is 2.58. The molecule has 0 unspecified atom stereocenters. The van der Waals surface area contributed by atoms with Crippen molar-refractivity contribution in [2.75, 3.05) is 13.7 Å². The van der Waals surface area contributed by atoms with Crippen molar-refractivity contribution >= 4 is 23.3 Å². The standard InChI is InChI=1S/C16H18N2O3S/c1-21-15(19)13-6-4-12(5-7-13)11-18-16(20)17-9-8-14-3-2-10-22-14/h2-7,10H,8-9,11H2,1H3,(H2,17,18,20). The lowest BCUT2D eigenvalue weighted by atomic mass is 10.1. The minimum absolute atomic E-state index is 0.200. The lowest BCUT2D eigenvalue weighted by Crippen LogP contribution is -2.36. The smallest absolute Gasteiger partial charge is 0.337 e. The summed E-state index contributed by atoms with van der Waals surface area (Å²) in [5.74, 6) is -0.370. The van der Waals surface area contributed by atoms with Crippen molar-refractivity contribution < 1.29 is 14.3 Å². The van der Waals surface area contributed by atoms with Gasteiger partial charge in [0.1, 0.15) is 0 Å². The molecule has 2 aromatic rings. The molecule has 0 aliphatic heterocycles. The van der Waals surface area contributed by atoms with Gasteiger partial charge in [0, 0.05) is 18.0 Å². The zero-order chi connectivity index (χ0) is 15.8. The number of nitrogens with one attached hydrogen (secondary N) is 2. The van der Waals surface area contributed by atoms with Crippen molar-refractivity contribution in [1.29, 1.82) is 0 Å². The number of rotatable bonds is 6. The monoisotopic (exact) mass is 318 g/mol. The van der Waals surface area contributed by atoms with Crippen LogP contribution in [0.3, 0.4) is 0 Å². The van der Waals surface area contributed by atoms with E-state index in [1.807, 2.05) is 17.5 Å². The molecule has 1 aromatic heterocycles.